The van der Waals surface area contributed by atoms with Gasteiger partial charge in [0, 0.05) is 24.8 Å². The second kappa shape index (κ2) is 8.43. The van der Waals surface area contributed by atoms with Crippen molar-refractivity contribution >= 4 is 23.6 Å². The molecule has 0 aromatic heterocycles. The van der Waals surface area contributed by atoms with Gasteiger partial charge in [0.05, 0.1) is 7.11 Å². The summed E-state index contributed by atoms with van der Waals surface area (Å²) in [7, 11) is 1.34. The Morgan fingerprint density at radius 1 is 1.42 bits per heavy atom. The summed E-state index contributed by atoms with van der Waals surface area (Å²) in [6.45, 7) is 3.99. The van der Waals surface area contributed by atoms with Crippen LogP contribution in [0.4, 0.5) is 0 Å². The summed E-state index contributed by atoms with van der Waals surface area (Å²) >= 11 is 1.96. The zero-order chi connectivity index (χ0) is 14.3. The number of rotatable bonds is 7. The highest BCUT2D eigenvalue weighted by atomic mass is 32.2. The van der Waals surface area contributed by atoms with E-state index in [1.807, 2.05) is 11.8 Å². The Balaban J connectivity index is 2.46. The van der Waals surface area contributed by atoms with E-state index in [1.54, 1.807) is 0 Å². The van der Waals surface area contributed by atoms with Crippen LogP contribution in [0.3, 0.4) is 0 Å². The van der Waals surface area contributed by atoms with E-state index in [4.69, 9.17) is 4.74 Å². The molecule has 1 rings (SSSR count). The maximum absolute atomic E-state index is 11.6. The SMILES string of the molecule is CCSC1CCCC1NCC(NC(C)=O)C(=O)OC. The van der Waals surface area contributed by atoms with Crippen molar-refractivity contribution in [1.29, 1.82) is 0 Å². The third kappa shape index (κ3) is 5.40. The van der Waals surface area contributed by atoms with Crippen molar-refractivity contribution < 1.29 is 14.3 Å². The molecule has 6 heteroatoms. The molecule has 0 heterocycles. The van der Waals surface area contributed by atoms with Crippen LogP contribution in [0.2, 0.25) is 0 Å². The van der Waals surface area contributed by atoms with Crippen LogP contribution in [-0.2, 0) is 14.3 Å². The summed E-state index contributed by atoms with van der Waals surface area (Å²) in [6.07, 6.45) is 3.57. The lowest BCUT2D eigenvalue weighted by Crippen LogP contribution is -2.50. The van der Waals surface area contributed by atoms with Crippen LogP contribution in [0.1, 0.15) is 33.1 Å². The van der Waals surface area contributed by atoms with Crippen molar-refractivity contribution in [3.05, 3.63) is 0 Å². The molecule has 1 aliphatic rings. The van der Waals surface area contributed by atoms with Crippen molar-refractivity contribution in [3.8, 4) is 0 Å². The molecule has 0 aromatic carbocycles. The Morgan fingerprint density at radius 2 is 2.16 bits per heavy atom. The second-order valence-electron chi connectivity index (χ2n) is 4.72. The van der Waals surface area contributed by atoms with Gasteiger partial charge in [0.2, 0.25) is 5.91 Å². The summed E-state index contributed by atoms with van der Waals surface area (Å²) in [6, 6.07) is -0.179. The number of amides is 1. The monoisotopic (exact) mass is 288 g/mol. The molecule has 0 radical (unpaired) electrons. The smallest absolute Gasteiger partial charge is 0.329 e. The van der Waals surface area contributed by atoms with E-state index in [0.717, 1.165) is 12.2 Å². The number of carbonyl (C=O) groups excluding carboxylic acids is 2. The molecule has 0 saturated heterocycles. The molecule has 1 saturated carbocycles. The topological polar surface area (TPSA) is 67.4 Å². The van der Waals surface area contributed by atoms with Gasteiger partial charge in [0.25, 0.3) is 0 Å². The third-order valence-corrected chi connectivity index (χ3v) is 4.61. The summed E-state index contributed by atoms with van der Waals surface area (Å²) in [4.78, 5) is 22.7. The quantitative estimate of drug-likeness (QED) is 0.682. The van der Waals surface area contributed by atoms with E-state index in [9.17, 15) is 9.59 Å². The second-order valence-corrected chi connectivity index (χ2v) is 6.23. The molecule has 5 nitrogen and oxygen atoms in total. The van der Waals surface area contributed by atoms with Crippen molar-refractivity contribution in [2.24, 2.45) is 0 Å². The molecule has 0 spiro atoms. The Morgan fingerprint density at radius 3 is 2.74 bits per heavy atom. The summed E-state index contributed by atoms with van der Waals surface area (Å²) in [5.41, 5.74) is 0. The molecule has 110 valence electrons. The van der Waals surface area contributed by atoms with E-state index in [2.05, 4.69) is 17.6 Å². The Labute approximate surface area is 119 Å². The molecule has 1 aliphatic carbocycles. The zero-order valence-corrected chi connectivity index (χ0v) is 12.7. The number of thioether (sulfide) groups is 1. The van der Waals surface area contributed by atoms with Gasteiger partial charge >= 0.3 is 5.97 Å². The zero-order valence-electron chi connectivity index (χ0n) is 11.9. The van der Waals surface area contributed by atoms with Gasteiger partial charge in [-0.1, -0.05) is 13.3 Å². The minimum atomic E-state index is -0.602. The molecular weight excluding hydrogens is 264 g/mol. The largest absolute Gasteiger partial charge is 0.467 e. The van der Waals surface area contributed by atoms with Crippen LogP contribution in [0, 0.1) is 0 Å². The molecule has 0 aliphatic heterocycles. The van der Waals surface area contributed by atoms with E-state index in [1.165, 1.54) is 26.9 Å². The number of carbonyl (C=O) groups is 2. The van der Waals surface area contributed by atoms with Gasteiger partial charge in [-0.25, -0.2) is 4.79 Å². The Bertz CT molecular complexity index is 312. The molecule has 0 bridgehead atoms. The van der Waals surface area contributed by atoms with E-state index >= 15 is 0 Å². The number of hydrogen-bond acceptors (Lipinski definition) is 5. The Kier molecular flexibility index (Phi) is 7.23. The number of methoxy groups -OCH3 is 1. The van der Waals surface area contributed by atoms with E-state index < -0.39 is 12.0 Å². The van der Waals surface area contributed by atoms with Crippen LogP contribution < -0.4 is 10.6 Å². The van der Waals surface area contributed by atoms with Gasteiger partial charge in [-0.05, 0) is 18.6 Å². The number of ether oxygens (including phenoxy) is 1. The fourth-order valence-electron chi connectivity index (χ4n) is 2.42. The van der Waals surface area contributed by atoms with Crippen LogP contribution in [-0.4, -0.2) is 48.6 Å². The number of hydrogen-bond donors (Lipinski definition) is 2. The molecule has 0 aromatic rings. The lowest BCUT2D eigenvalue weighted by Gasteiger charge is -2.23. The molecule has 1 amide bonds. The normalized spacial score (nSPS) is 23.9. The maximum Gasteiger partial charge on any atom is 0.329 e. The molecule has 1 fully saturated rings. The van der Waals surface area contributed by atoms with Crippen molar-refractivity contribution in [2.45, 2.75) is 50.4 Å². The lowest BCUT2D eigenvalue weighted by molar-refractivity contribution is -0.144. The highest BCUT2D eigenvalue weighted by Crippen LogP contribution is 2.29. The molecular formula is C13H24N2O3S. The van der Waals surface area contributed by atoms with Gasteiger partial charge < -0.3 is 15.4 Å². The standard InChI is InChI=1S/C13H24N2O3S/c1-4-19-12-7-5-6-10(12)14-8-11(13(17)18-3)15-9(2)16/h10-12,14H,4-8H2,1-3H3,(H,15,16). The highest BCUT2D eigenvalue weighted by Gasteiger charge is 2.29. The van der Waals surface area contributed by atoms with Gasteiger partial charge in [-0.3, -0.25) is 4.79 Å². The lowest BCUT2D eigenvalue weighted by atomic mass is 10.2. The number of nitrogens with one attached hydrogen (secondary N) is 2. The average molecular weight is 288 g/mol. The van der Waals surface area contributed by atoms with Crippen LogP contribution >= 0.6 is 11.8 Å². The predicted octanol–water partition coefficient (Wildman–Crippen LogP) is 0.928. The summed E-state index contributed by atoms with van der Waals surface area (Å²) < 4.78 is 4.70. The average Bonchev–Trinajstić information content (AvgIpc) is 2.81. The first kappa shape index (κ1) is 16.3. The first-order valence-electron chi connectivity index (χ1n) is 6.78. The van der Waals surface area contributed by atoms with Gasteiger partial charge in [-0.2, -0.15) is 11.8 Å². The van der Waals surface area contributed by atoms with Crippen molar-refractivity contribution in [2.75, 3.05) is 19.4 Å². The van der Waals surface area contributed by atoms with Crippen LogP contribution in [0.25, 0.3) is 0 Å². The van der Waals surface area contributed by atoms with Crippen LogP contribution in [0.15, 0.2) is 0 Å². The first-order valence-corrected chi connectivity index (χ1v) is 7.83. The molecule has 3 atom stereocenters. The third-order valence-electron chi connectivity index (χ3n) is 3.28. The van der Waals surface area contributed by atoms with Gasteiger partial charge in [0.15, 0.2) is 0 Å². The Hall–Kier alpha value is -0.750. The van der Waals surface area contributed by atoms with Crippen molar-refractivity contribution in [1.82, 2.24) is 10.6 Å². The minimum absolute atomic E-state index is 0.219. The molecule has 3 unspecified atom stereocenters. The van der Waals surface area contributed by atoms with Crippen LogP contribution in [0.5, 0.6) is 0 Å². The predicted molar refractivity (Wildman–Crippen MR) is 77.2 cm³/mol. The first-order chi connectivity index (χ1) is 9.08. The molecule has 2 N–H and O–H groups in total. The highest BCUT2D eigenvalue weighted by molar-refractivity contribution is 7.99. The summed E-state index contributed by atoms with van der Waals surface area (Å²) in [5, 5.41) is 6.63. The van der Waals surface area contributed by atoms with E-state index in [0.29, 0.717) is 17.8 Å². The minimum Gasteiger partial charge on any atom is -0.467 e. The van der Waals surface area contributed by atoms with Crippen molar-refractivity contribution in [3.63, 3.8) is 0 Å². The molecule has 19 heavy (non-hydrogen) atoms. The van der Waals surface area contributed by atoms with E-state index in [-0.39, 0.29) is 5.91 Å². The number of esters is 1. The maximum atomic E-state index is 11.6. The summed E-state index contributed by atoms with van der Waals surface area (Å²) in [5.74, 6) is 0.484. The van der Waals surface area contributed by atoms with Gasteiger partial charge in [0.1, 0.15) is 6.04 Å². The fourth-order valence-corrected chi connectivity index (χ4v) is 3.65. The van der Waals surface area contributed by atoms with Gasteiger partial charge in [-0.15, -0.1) is 0 Å². The fraction of sp³-hybridized carbons (Fsp3) is 0.846.